The van der Waals surface area contributed by atoms with Gasteiger partial charge in [-0.15, -0.1) is 6.58 Å². The molecule has 0 radical (unpaired) electrons. The summed E-state index contributed by atoms with van der Waals surface area (Å²) in [5.74, 6) is -2.31. The fraction of sp³-hybridized carbons (Fsp3) is 0.765. The molecule has 0 rings (SSSR count). The zero-order valence-corrected chi connectivity index (χ0v) is 15.2. The van der Waals surface area contributed by atoms with E-state index in [0.29, 0.717) is 0 Å². The molecule has 0 saturated heterocycles. The Bertz CT molecular complexity index is 417. The van der Waals surface area contributed by atoms with Crippen LogP contribution >= 0.6 is 0 Å². The van der Waals surface area contributed by atoms with Crippen LogP contribution in [0.15, 0.2) is 12.7 Å². The summed E-state index contributed by atoms with van der Waals surface area (Å²) in [5.41, 5.74) is 0. The van der Waals surface area contributed by atoms with Crippen LogP contribution < -0.4 is 10.6 Å². The van der Waals surface area contributed by atoms with Gasteiger partial charge in [0.25, 0.3) is 0 Å². The predicted molar refractivity (Wildman–Crippen MR) is 91.6 cm³/mol. The molecule has 152 valence electrons. The van der Waals surface area contributed by atoms with Crippen LogP contribution in [0.25, 0.3) is 0 Å². The van der Waals surface area contributed by atoms with E-state index in [-0.39, 0.29) is 44.9 Å². The molecule has 26 heavy (non-hydrogen) atoms. The Hall–Kier alpha value is -1.61. The first-order valence-electron chi connectivity index (χ1n) is 8.74. The maximum absolute atomic E-state index is 11.9. The van der Waals surface area contributed by atoms with E-state index in [1.165, 1.54) is 6.42 Å². The third kappa shape index (κ3) is 13.7. The lowest BCUT2D eigenvalue weighted by atomic mass is 10.1. The van der Waals surface area contributed by atoms with E-state index in [4.69, 9.17) is 9.47 Å². The zero-order valence-electron chi connectivity index (χ0n) is 15.2. The molecule has 1 atom stereocenters. The van der Waals surface area contributed by atoms with Crippen molar-refractivity contribution in [1.82, 2.24) is 10.6 Å². The molecule has 0 saturated carbocycles. The normalized spacial score (nSPS) is 12.5. The summed E-state index contributed by atoms with van der Waals surface area (Å²) in [6, 6.07) is 0. The van der Waals surface area contributed by atoms with Gasteiger partial charge in [0.15, 0.2) is 0 Å². The van der Waals surface area contributed by atoms with Crippen molar-refractivity contribution in [3.8, 4) is 0 Å². The van der Waals surface area contributed by atoms with Crippen LogP contribution in [0.1, 0.15) is 39.0 Å². The highest BCUT2D eigenvalue weighted by Gasteiger charge is 2.38. The zero-order chi connectivity index (χ0) is 19.8. The lowest BCUT2D eigenvalue weighted by Crippen LogP contribution is -2.38. The fourth-order valence-electron chi connectivity index (χ4n) is 1.98. The number of rotatable bonds is 15. The molecule has 0 aromatic heterocycles. The van der Waals surface area contributed by atoms with Gasteiger partial charge >= 0.3 is 12.1 Å². The van der Waals surface area contributed by atoms with Gasteiger partial charge in [0.1, 0.15) is 6.61 Å². The summed E-state index contributed by atoms with van der Waals surface area (Å²) in [6.07, 6.45) is 1.91. The van der Waals surface area contributed by atoms with Crippen LogP contribution in [0, 0.1) is 0 Å². The van der Waals surface area contributed by atoms with Gasteiger partial charge in [0, 0.05) is 13.1 Å². The van der Waals surface area contributed by atoms with Crippen molar-refractivity contribution in [2.45, 2.75) is 51.3 Å². The maximum Gasteiger partial charge on any atom is 0.471 e. The molecule has 2 amide bonds. The quantitative estimate of drug-likeness (QED) is 0.337. The molecule has 0 aliphatic heterocycles. The minimum Gasteiger partial charge on any atom is -0.378 e. The molecule has 0 aromatic carbocycles. The number of carbonyl (C=O) groups is 2. The second kappa shape index (κ2) is 14.5. The van der Waals surface area contributed by atoms with Crippen LogP contribution in [-0.4, -0.2) is 57.0 Å². The van der Waals surface area contributed by atoms with Crippen LogP contribution in [0.2, 0.25) is 0 Å². The summed E-state index contributed by atoms with van der Waals surface area (Å²) < 4.78 is 46.2. The highest BCUT2D eigenvalue weighted by Crippen LogP contribution is 2.13. The largest absolute Gasteiger partial charge is 0.471 e. The summed E-state index contributed by atoms with van der Waals surface area (Å²) >= 11 is 0. The van der Waals surface area contributed by atoms with Crippen LogP contribution in [0.5, 0.6) is 0 Å². The van der Waals surface area contributed by atoms with Crippen molar-refractivity contribution in [2.75, 3.05) is 32.9 Å². The summed E-state index contributed by atoms with van der Waals surface area (Å²) in [7, 11) is 0. The third-order valence-corrected chi connectivity index (χ3v) is 3.39. The Labute approximate surface area is 152 Å². The highest BCUT2D eigenvalue weighted by molar-refractivity contribution is 5.81. The number of nitrogens with one attached hydrogen (secondary N) is 2. The monoisotopic (exact) mass is 382 g/mol. The van der Waals surface area contributed by atoms with E-state index < -0.39 is 12.1 Å². The Morgan fingerprint density at radius 1 is 1.12 bits per heavy atom. The van der Waals surface area contributed by atoms with Gasteiger partial charge in [-0.3, -0.25) is 9.59 Å². The number of unbranched alkanes of at least 4 members (excludes halogenated alkanes) is 3. The van der Waals surface area contributed by atoms with Crippen molar-refractivity contribution in [3.63, 3.8) is 0 Å². The molecule has 2 N–H and O–H groups in total. The van der Waals surface area contributed by atoms with Crippen LogP contribution in [0.3, 0.4) is 0 Å². The molecule has 0 aliphatic carbocycles. The number of alkyl halides is 3. The smallest absolute Gasteiger partial charge is 0.378 e. The van der Waals surface area contributed by atoms with E-state index in [0.717, 1.165) is 25.7 Å². The van der Waals surface area contributed by atoms with E-state index >= 15 is 0 Å². The summed E-state index contributed by atoms with van der Waals surface area (Å²) in [6.45, 7) is 5.72. The topological polar surface area (TPSA) is 76.7 Å². The van der Waals surface area contributed by atoms with Gasteiger partial charge < -0.3 is 20.1 Å². The first-order valence-corrected chi connectivity index (χ1v) is 8.74. The Balaban J connectivity index is 3.61. The minimum absolute atomic E-state index is 0.0789. The van der Waals surface area contributed by atoms with Crippen molar-refractivity contribution in [2.24, 2.45) is 0 Å². The number of amides is 2. The Morgan fingerprint density at radius 2 is 1.77 bits per heavy atom. The van der Waals surface area contributed by atoms with Gasteiger partial charge in [-0.2, -0.15) is 13.2 Å². The van der Waals surface area contributed by atoms with Crippen LogP contribution in [-0.2, 0) is 19.1 Å². The molecule has 0 spiro atoms. The molecule has 1 unspecified atom stereocenters. The minimum atomic E-state index is -4.90. The SMILES string of the molecule is C=CC(CCCCCC)OCC(=O)NCCOCCNC(=O)C(F)(F)F. The number of ether oxygens (including phenoxy) is 2. The van der Waals surface area contributed by atoms with Crippen LogP contribution in [0.4, 0.5) is 13.2 Å². The number of hydrogen-bond acceptors (Lipinski definition) is 4. The molecule has 6 nitrogen and oxygen atoms in total. The van der Waals surface area contributed by atoms with Crippen molar-refractivity contribution in [3.05, 3.63) is 12.7 Å². The molecule has 0 aliphatic rings. The number of halogens is 3. The highest BCUT2D eigenvalue weighted by atomic mass is 19.4. The second-order valence-corrected chi connectivity index (χ2v) is 5.65. The van der Waals surface area contributed by atoms with Crippen molar-refractivity contribution in [1.29, 1.82) is 0 Å². The van der Waals surface area contributed by atoms with Gasteiger partial charge in [0.05, 0.1) is 19.3 Å². The lowest BCUT2D eigenvalue weighted by molar-refractivity contribution is -0.173. The molecule has 0 bridgehead atoms. The lowest BCUT2D eigenvalue weighted by Gasteiger charge is -2.14. The van der Waals surface area contributed by atoms with Gasteiger partial charge in [-0.05, 0) is 6.42 Å². The predicted octanol–water partition coefficient (Wildman–Crippen LogP) is 2.34. The fourth-order valence-corrected chi connectivity index (χ4v) is 1.98. The van der Waals surface area contributed by atoms with Gasteiger partial charge in [-0.1, -0.05) is 38.7 Å². The third-order valence-electron chi connectivity index (χ3n) is 3.39. The average Bonchev–Trinajstić information content (AvgIpc) is 2.59. The maximum atomic E-state index is 11.9. The van der Waals surface area contributed by atoms with Gasteiger partial charge in [-0.25, -0.2) is 0 Å². The molecule has 0 aromatic rings. The molecular weight excluding hydrogens is 353 g/mol. The summed E-state index contributed by atoms with van der Waals surface area (Å²) in [5, 5.41) is 4.25. The van der Waals surface area contributed by atoms with E-state index in [1.807, 2.05) is 0 Å². The van der Waals surface area contributed by atoms with Crippen molar-refractivity contribution < 1.29 is 32.2 Å². The van der Waals surface area contributed by atoms with Gasteiger partial charge in [0.2, 0.25) is 5.91 Å². The number of carbonyl (C=O) groups excluding carboxylic acids is 2. The second-order valence-electron chi connectivity index (χ2n) is 5.65. The molecular formula is C17H29F3N2O4. The number of hydrogen-bond donors (Lipinski definition) is 2. The van der Waals surface area contributed by atoms with E-state index in [2.05, 4.69) is 18.8 Å². The Kier molecular flexibility index (Phi) is 13.6. The first kappa shape index (κ1) is 24.4. The Morgan fingerprint density at radius 3 is 2.35 bits per heavy atom. The average molecular weight is 382 g/mol. The summed E-state index contributed by atoms with van der Waals surface area (Å²) in [4.78, 5) is 22.1. The van der Waals surface area contributed by atoms with Crippen molar-refractivity contribution >= 4 is 11.8 Å². The molecule has 0 fully saturated rings. The standard InChI is InChI=1S/C17H29F3N2O4/c1-3-5-6-7-8-14(4-2)26-13-15(23)21-9-11-25-12-10-22-16(24)17(18,19)20/h4,14H,2-3,5-13H2,1H3,(H,21,23)(H,22,24). The van der Waals surface area contributed by atoms with E-state index in [1.54, 1.807) is 11.4 Å². The molecule has 0 heterocycles. The molecule has 9 heteroatoms. The van der Waals surface area contributed by atoms with E-state index in [9.17, 15) is 22.8 Å². The first-order chi connectivity index (χ1) is 12.3.